The maximum absolute atomic E-state index is 11.9. The highest BCUT2D eigenvalue weighted by molar-refractivity contribution is 6.33. The lowest BCUT2D eigenvalue weighted by molar-refractivity contribution is 0.0516. The van der Waals surface area contributed by atoms with Crippen molar-refractivity contribution in [2.45, 2.75) is 6.92 Å². The molecule has 0 aliphatic heterocycles. The van der Waals surface area contributed by atoms with Crippen LogP contribution in [0.5, 0.6) is 11.5 Å². The predicted octanol–water partition coefficient (Wildman–Crippen LogP) is 3.75. The van der Waals surface area contributed by atoms with Gasteiger partial charge in [-0.05, 0) is 30.7 Å². The summed E-state index contributed by atoms with van der Waals surface area (Å²) in [5.74, 6) is -0.170. The summed E-state index contributed by atoms with van der Waals surface area (Å²) < 4.78 is 10.4. The Labute approximate surface area is 125 Å². The van der Waals surface area contributed by atoms with E-state index >= 15 is 0 Å². The molecule has 1 aromatic carbocycles. The van der Waals surface area contributed by atoms with Crippen molar-refractivity contribution in [1.82, 2.24) is 9.97 Å². The van der Waals surface area contributed by atoms with Crippen molar-refractivity contribution in [3.63, 3.8) is 0 Å². The van der Waals surface area contributed by atoms with Gasteiger partial charge in [-0.15, -0.1) is 0 Å². The first-order chi connectivity index (χ1) is 9.61. The van der Waals surface area contributed by atoms with Crippen LogP contribution in [-0.4, -0.2) is 22.5 Å². The highest BCUT2D eigenvalue weighted by atomic mass is 35.5. The van der Waals surface area contributed by atoms with Crippen molar-refractivity contribution in [1.29, 1.82) is 0 Å². The molecule has 0 bridgehead atoms. The monoisotopic (exact) mass is 312 g/mol. The van der Waals surface area contributed by atoms with Crippen LogP contribution in [-0.2, 0) is 4.74 Å². The maximum Gasteiger partial charge on any atom is 0.361 e. The Hall–Kier alpha value is -1.85. The molecule has 0 amide bonds. The van der Waals surface area contributed by atoms with Crippen molar-refractivity contribution in [3.05, 3.63) is 46.5 Å². The number of hydrogen-bond acceptors (Lipinski definition) is 5. The normalized spacial score (nSPS) is 10.2. The van der Waals surface area contributed by atoms with E-state index in [1.807, 2.05) is 6.07 Å². The van der Waals surface area contributed by atoms with Gasteiger partial charge in [-0.3, -0.25) is 0 Å². The van der Waals surface area contributed by atoms with E-state index in [4.69, 9.17) is 32.7 Å². The minimum atomic E-state index is -0.676. The number of carbonyl (C=O) groups excluding carboxylic acids is 1. The van der Waals surface area contributed by atoms with Crippen LogP contribution in [0.3, 0.4) is 0 Å². The van der Waals surface area contributed by atoms with Crippen LogP contribution in [0.4, 0.5) is 0 Å². The molecule has 1 aromatic heterocycles. The van der Waals surface area contributed by atoms with Gasteiger partial charge >= 0.3 is 5.97 Å². The van der Waals surface area contributed by atoms with Crippen molar-refractivity contribution >= 4 is 29.2 Å². The Balaban J connectivity index is 2.42. The number of hydrogen-bond donors (Lipinski definition) is 0. The van der Waals surface area contributed by atoms with Crippen LogP contribution in [0.2, 0.25) is 10.4 Å². The average Bonchev–Trinajstić information content (AvgIpc) is 2.43. The highest BCUT2D eigenvalue weighted by Crippen LogP contribution is 2.32. The first kappa shape index (κ1) is 14.6. The molecule has 0 unspecified atom stereocenters. The SMILES string of the molecule is CCOC(=O)c1nc(Cl)nc(Cl)c1Oc1ccccc1. The Morgan fingerprint density at radius 2 is 1.90 bits per heavy atom. The molecule has 1 heterocycles. The van der Waals surface area contributed by atoms with Crippen molar-refractivity contribution < 1.29 is 14.3 Å². The van der Waals surface area contributed by atoms with E-state index in [0.717, 1.165) is 0 Å². The zero-order valence-corrected chi connectivity index (χ0v) is 12.0. The Morgan fingerprint density at radius 1 is 1.20 bits per heavy atom. The molecule has 0 N–H and O–H groups in total. The van der Waals surface area contributed by atoms with E-state index < -0.39 is 5.97 Å². The topological polar surface area (TPSA) is 61.3 Å². The minimum Gasteiger partial charge on any atom is -0.461 e. The van der Waals surface area contributed by atoms with Crippen LogP contribution in [0.15, 0.2) is 30.3 Å². The average molecular weight is 313 g/mol. The zero-order valence-electron chi connectivity index (χ0n) is 10.5. The standard InChI is InChI=1S/C13H10Cl2N2O3/c1-2-19-12(18)9-10(11(14)17-13(15)16-9)20-8-6-4-3-5-7-8/h3-7H,2H2,1H3. The molecule has 2 aromatic rings. The molecule has 20 heavy (non-hydrogen) atoms. The van der Waals surface area contributed by atoms with Gasteiger partial charge in [-0.1, -0.05) is 29.8 Å². The fourth-order valence-corrected chi connectivity index (χ4v) is 1.85. The van der Waals surface area contributed by atoms with Crippen LogP contribution < -0.4 is 4.74 Å². The number of para-hydroxylation sites is 1. The summed E-state index contributed by atoms with van der Waals surface area (Å²) in [6.45, 7) is 1.88. The summed E-state index contributed by atoms with van der Waals surface area (Å²) in [4.78, 5) is 19.4. The first-order valence-corrected chi connectivity index (χ1v) is 6.50. The third-order valence-electron chi connectivity index (χ3n) is 2.23. The Bertz CT molecular complexity index is 621. The fourth-order valence-electron chi connectivity index (χ4n) is 1.43. The predicted molar refractivity (Wildman–Crippen MR) is 74.5 cm³/mol. The minimum absolute atomic E-state index is 0.0146. The van der Waals surface area contributed by atoms with E-state index in [1.54, 1.807) is 31.2 Å². The molecule has 0 aliphatic carbocycles. The molecule has 0 radical (unpaired) electrons. The third kappa shape index (κ3) is 3.37. The summed E-state index contributed by atoms with van der Waals surface area (Å²) in [7, 11) is 0. The summed E-state index contributed by atoms with van der Waals surface area (Å²) >= 11 is 11.7. The molecule has 0 saturated carbocycles. The van der Waals surface area contributed by atoms with Crippen LogP contribution in [0.1, 0.15) is 17.4 Å². The first-order valence-electron chi connectivity index (χ1n) is 5.75. The van der Waals surface area contributed by atoms with Gasteiger partial charge in [0.1, 0.15) is 5.75 Å². The van der Waals surface area contributed by atoms with Gasteiger partial charge in [0.25, 0.3) is 0 Å². The number of halogens is 2. The van der Waals surface area contributed by atoms with Crippen LogP contribution in [0, 0.1) is 0 Å². The van der Waals surface area contributed by atoms with E-state index in [9.17, 15) is 4.79 Å². The molecule has 0 aliphatic rings. The summed E-state index contributed by atoms with van der Waals surface area (Å²) in [5, 5.41) is -0.213. The van der Waals surface area contributed by atoms with E-state index in [0.29, 0.717) is 5.75 Å². The molecule has 104 valence electrons. The Kier molecular flexibility index (Phi) is 4.76. The number of rotatable bonds is 4. The van der Waals surface area contributed by atoms with Gasteiger partial charge < -0.3 is 9.47 Å². The van der Waals surface area contributed by atoms with Gasteiger partial charge in [-0.25, -0.2) is 14.8 Å². The lowest BCUT2D eigenvalue weighted by atomic mass is 10.3. The highest BCUT2D eigenvalue weighted by Gasteiger charge is 2.22. The lowest BCUT2D eigenvalue weighted by Gasteiger charge is -2.11. The molecule has 0 saturated heterocycles. The molecular formula is C13H10Cl2N2O3. The number of esters is 1. The molecule has 0 spiro atoms. The van der Waals surface area contributed by atoms with Crippen LogP contribution >= 0.6 is 23.2 Å². The largest absolute Gasteiger partial charge is 0.461 e. The molecule has 7 heteroatoms. The quantitative estimate of drug-likeness (QED) is 0.489. The van der Waals surface area contributed by atoms with E-state index in [1.165, 1.54) is 0 Å². The molecule has 0 fully saturated rings. The summed E-state index contributed by atoms with van der Waals surface area (Å²) in [6, 6.07) is 8.81. The second-order valence-corrected chi connectivity index (χ2v) is 4.29. The Morgan fingerprint density at radius 3 is 2.55 bits per heavy atom. The maximum atomic E-state index is 11.9. The number of ether oxygens (including phenoxy) is 2. The van der Waals surface area contributed by atoms with Gasteiger partial charge in [0.2, 0.25) is 5.28 Å². The number of benzene rings is 1. The third-order valence-corrected chi connectivity index (χ3v) is 2.65. The van der Waals surface area contributed by atoms with Gasteiger partial charge in [0.05, 0.1) is 6.61 Å². The van der Waals surface area contributed by atoms with Crippen molar-refractivity contribution in [2.24, 2.45) is 0 Å². The molecule has 0 atom stereocenters. The van der Waals surface area contributed by atoms with E-state index in [2.05, 4.69) is 9.97 Å². The lowest BCUT2D eigenvalue weighted by Crippen LogP contribution is -2.10. The summed E-state index contributed by atoms with van der Waals surface area (Å²) in [5.41, 5.74) is -0.110. The van der Waals surface area contributed by atoms with Crippen LogP contribution in [0.25, 0.3) is 0 Å². The van der Waals surface area contributed by atoms with E-state index in [-0.39, 0.29) is 28.5 Å². The van der Waals surface area contributed by atoms with Crippen molar-refractivity contribution in [2.75, 3.05) is 6.61 Å². The fraction of sp³-hybridized carbons (Fsp3) is 0.154. The summed E-state index contributed by atoms with van der Waals surface area (Å²) in [6.07, 6.45) is 0. The molecular weight excluding hydrogens is 303 g/mol. The van der Waals surface area contributed by atoms with Gasteiger partial charge in [0, 0.05) is 0 Å². The van der Waals surface area contributed by atoms with Gasteiger partial charge in [0.15, 0.2) is 16.6 Å². The number of nitrogens with zero attached hydrogens (tertiary/aromatic N) is 2. The second-order valence-electron chi connectivity index (χ2n) is 3.60. The molecule has 5 nitrogen and oxygen atoms in total. The molecule has 2 rings (SSSR count). The van der Waals surface area contributed by atoms with Crippen molar-refractivity contribution in [3.8, 4) is 11.5 Å². The zero-order chi connectivity index (χ0) is 14.5. The smallest absolute Gasteiger partial charge is 0.361 e. The second kappa shape index (κ2) is 6.54. The van der Waals surface area contributed by atoms with Gasteiger partial charge in [-0.2, -0.15) is 0 Å². The number of aromatic nitrogens is 2. The number of carbonyl (C=O) groups is 1.